The minimum atomic E-state index is 0.0242. The molecular weight excluding hydrogens is 200 g/mol. The van der Waals surface area contributed by atoms with Gasteiger partial charge in [0, 0.05) is 18.3 Å². The monoisotopic (exact) mass is 222 g/mol. The van der Waals surface area contributed by atoms with Gasteiger partial charge in [-0.15, -0.1) is 0 Å². The first-order valence-electron chi connectivity index (χ1n) is 5.73. The van der Waals surface area contributed by atoms with Crippen LogP contribution in [0.3, 0.4) is 0 Å². The normalized spacial score (nSPS) is 13.6. The minimum Gasteiger partial charge on any atom is -0.478 e. The summed E-state index contributed by atoms with van der Waals surface area (Å²) < 4.78 is 5.56. The first-order valence-corrected chi connectivity index (χ1v) is 5.73. The van der Waals surface area contributed by atoms with Crippen molar-refractivity contribution in [3.05, 3.63) is 23.9 Å². The van der Waals surface area contributed by atoms with Crippen LogP contribution in [-0.2, 0) is 0 Å². The van der Waals surface area contributed by atoms with E-state index in [1.54, 1.807) is 6.20 Å². The Morgan fingerprint density at radius 1 is 1.38 bits per heavy atom. The van der Waals surface area contributed by atoms with Crippen molar-refractivity contribution in [1.29, 1.82) is 0 Å². The van der Waals surface area contributed by atoms with E-state index in [0.717, 1.165) is 12.0 Å². The smallest absolute Gasteiger partial charge is 0.213 e. The molecule has 90 valence electrons. The topological polar surface area (TPSA) is 48.1 Å². The van der Waals surface area contributed by atoms with Crippen molar-refractivity contribution in [2.75, 3.05) is 6.61 Å². The van der Waals surface area contributed by atoms with E-state index >= 15 is 0 Å². The van der Waals surface area contributed by atoms with Crippen molar-refractivity contribution in [2.24, 2.45) is 11.1 Å². The van der Waals surface area contributed by atoms with Crippen LogP contribution in [0.15, 0.2) is 18.3 Å². The Kier molecular flexibility index (Phi) is 4.30. The van der Waals surface area contributed by atoms with Gasteiger partial charge in [-0.25, -0.2) is 4.98 Å². The lowest BCUT2D eigenvalue weighted by molar-refractivity contribution is 0.236. The number of pyridine rings is 1. The van der Waals surface area contributed by atoms with E-state index in [1.165, 1.54) is 0 Å². The molecule has 16 heavy (non-hydrogen) atoms. The quantitative estimate of drug-likeness (QED) is 0.852. The number of hydrogen-bond acceptors (Lipinski definition) is 3. The molecule has 1 heterocycles. The van der Waals surface area contributed by atoms with Crippen LogP contribution in [0, 0.1) is 5.41 Å². The summed E-state index contributed by atoms with van der Waals surface area (Å²) in [7, 11) is 0. The van der Waals surface area contributed by atoms with Crippen molar-refractivity contribution in [1.82, 2.24) is 4.98 Å². The zero-order valence-corrected chi connectivity index (χ0v) is 10.7. The Labute approximate surface area is 98.0 Å². The van der Waals surface area contributed by atoms with Crippen LogP contribution in [0.5, 0.6) is 5.88 Å². The van der Waals surface area contributed by atoms with Crippen LogP contribution in [0.4, 0.5) is 0 Å². The molecule has 1 atom stereocenters. The van der Waals surface area contributed by atoms with Crippen molar-refractivity contribution in [3.63, 3.8) is 0 Å². The highest BCUT2D eigenvalue weighted by atomic mass is 16.5. The molecule has 0 radical (unpaired) electrons. The van der Waals surface area contributed by atoms with Crippen molar-refractivity contribution in [2.45, 2.75) is 40.2 Å². The lowest BCUT2D eigenvalue weighted by atomic mass is 9.93. The molecule has 0 saturated heterocycles. The Hall–Kier alpha value is -1.09. The molecule has 2 N–H and O–H groups in total. The fourth-order valence-electron chi connectivity index (χ4n) is 1.21. The maximum atomic E-state index is 5.74. The van der Waals surface area contributed by atoms with Crippen LogP contribution >= 0.6 is 0 Å². The van der Waals surface area contributed by atoms with Gasteiger partial charge < -0.3 is 10.5 Å². The van der Waals surface area contributed by atoms with Gasteiger partial charge in [-0.1, -0.05) is 26.8 Å². The van der Waals surface area contributed by atoms with Crippen LogP contribution in [0.1, 0.15) is 45.7 Å². The number of nitrogens with zero attached hydrogens (tertiary/aromatic N) is 1. The van der Waals surface area contributed by atoms with Crippen molar-refractivity contribution >= 4 is 0 Å². The first kappa shape index (κ1) is 13.0. The Morgan fingerprint density at radius 2 is 2.06 bits per heavy atom. The van der Waals surface area contributed by atoms with Gasteiger partial charge in [0.15, 0.2) is 0 Å². The van der Waals surface area contributed by atoms with E-state index in [1.807, 2.05) is 19.1 Å². The molecule has 0 amide bonds. The lowest BCUT2D eigenvalue weighted by Gasteiger charge is -2.17. The Bertz CT molecular complexity index is 312. The summed E-state index contributed by atoms with van der Waals surface area (Å²) in [6.45, 7) is 9.24. The number of aromatic nitrogens is 1. The van der Waals surface area contributed by atoms with Crippen LogP contribution < -0.4 is 10.5 Å². The largest absolute Gasteiger partial charge is 0.478 e. The molecule has 1 aromatic rings. The molecule has 0 aliphatic heterocycles. The summed E-state index contributed by atoms with van der Waals surface area (Å²) in [6.07, 6.45) is 2.79. The number of hydrogen-bond donors (Lipinski definition) is 1. The molecule has 0 aliphatic carbocycles. The maximum Gasteiger partial charge on any atom is 0.213 e. The SMILES string of the molecule is C[C@@H](N)c1ccc(OCCC(C)(C)C)nc1. The van der Waals surface area contributed by atoms with E-state index in [2.05, 4.69) is 25.8 Å². The zero-order chi connectivity index (χ0) is 12.2. The highest BCUT2D eigenvalue weighted by molar-refractivity contribution is 5.19. The van der Waals surface area contributed by atoms with Crippen molar-refractivity contribution in [3.8, 4) is 5.88 Å². The molecular formula is C13H22N2O. The predicted molar refractivity (Wildman–Crippen MR) is 66.4 cm³/mol. The second-order valence-corrected chi connectivity index (χ2v) is 5.38. The molecule has 0 spiro atoms. The maximum absolute atomic E-state index is 5.74. The third kappa shape index (κ3) is 4.62. The molecule has 3 nitrogen and oxygen atoms in total. The third-order valence-electron chi connectivity index (χ3n) is 2.39. The molecule has 0 aliphatic rings. The van der Waals surface area contributed by atoms with E-state index in [-0.39, 0.29) is 6.04 Å². The predicted octanol–water partition coefficient (Wildman–Crippen LogP) is 2.92. The van der Waals surface area contributed by atoms with Gasteiger partial charge in [-0.3, -0.25) is 0 Å². The standard InChI is InChI=1S/C13H22N2O/c1-10(14)11-5-6-12(15-9-11)16-8-7-13(2,3)4/h5-6,9-10H,7-8,14H2,1-4H3/t10-/m1/s1. The fourth-order valence-corrected chi connectivity index (χ4v) is 1.21. The Morgan fingerprint density at radius 3 is 2.50 bits per heavy atom. The fraction of sp³-hybridized carbons (Fsp3) is 0.615. The highest BCUT2D eigenvalue weighted by Gasteiger charge is 2.10. The Balaban J connectivity index is 2.44. The summed E-state index contributed by atoms with van der Waals surface area (Å²) in [5.41, 5.74) is 7.07. The summed E-state index contributed by atoms with van der Waals surface area (Å²) >= 11 is 0. The van der Waals surface area contributed by atoms with Gasteiger partial charge in [0.25, 0.3) is 0 Å². The molecule has 0 saturated carbocycles. The van der Waals surface area contributed by atoms with E-state index in [9.17, 15) is 0 Å². The van der Waals surface area contributed by atoms with Gasteiger partial charge in [-0.2, -0.15) is 0 Å². The number of rotatable bonds is 4. The first-order chi connectivity index (χ1) is 7.38. The van der Waals surface area contributed by atoms with Gasteiger partial charge in [-0.05, 0) is 24.3 Å². The van der Waals surface area contributed by atoms with Crippen LogP contribution in [0.2, 0.25) is 0 Å². The second kappa shape index (κ2) is 5.30. The van der Waals surface area contributed by atoms with Crippen LogP contribution in [0.25, 0.3) is 0 Å². The molecule has 3 heteroatoms. The molecule has 0 bridgehead atoms. The van der Waals surface area contributed by atoms with E-state index in [0.29, 0.717) is 17.9 Å². The number of ether oxygens (including phenoxy) is 1. The summed E-state index contributed by atoms with van der Waals surface area (Å²) in [5, 5.41) is 0. The van der Waals surface area contributed by atoms with Gasteiger partial charge in [0.2, 0.25) is 5.88 Å². The highest BCUT2D eigenvalue weighted by Crippen LogP contribution is 2.19. The molecule has 1 aromatic heterocycles. The minimum absolute atomic E-state index is 0.0242. The van der Waals surface area contributed by atoms with E-state index < -0.39 is 0 Å². The summed E-state index contributed by atoms with van der Waals surface area (Å²) in [4.78, 5) is 4.22. The van der Waals surface area contributed by atoms with Crippen molar-refractivity contribution < 1.29 is 4.74 Å². The second-order valence-electron chi connectivity index (χ2n) is 5.38. The molecule has 0 unspecified atom stereocenters. The molecule has 0 fully saturated rings. The zero-order valence-electron chi connectivity index (χ0n) is 10.7. The van der Waals surface area contributed by atoms with Gasteiger partial charge in [0.05, 0.1) is 6.61 Å². The molecule has 1 rings (SSSR count). The van der Waals surface area contributed by atoms with Gasteiger partial charge >= 0.3 is 0 Å². The average Bonchev–Trinajstić information content (AvgIpc) is 2.16. The van der Waals surface area contributed by atoms with Gasteiger partial charge in [0.1, 0.15) is 0 Å². The number of nitrogens with two attached hydrogens (primary N) is 1. The average molecular weight is 222 g/mol. The van der Waals surface area contributed by atoms with Crippen LogP contribution in [-0.4, -0.2) is 11.6 Å². The summed E-state index contributed by atoms with van der Waals surface area (Å²) in [6, 6.07) is 3.86. The summed E-state index contributed by atoms with van der Waals surface area (Å²) in [5.74, 6) is 0.675. The lowest BCUT2D eigenvalue weighted by Crippen LogP contribution is -2.11. The molecule has 0 aromatic carbocycles. The third-order valence-corrected chi connectivity index (χ3v) is 2.39. The van der Waals surface area contributed by atoms with E-state index in [4.69, 9.17) is 10.5 Å².